The Morgan fingerprint density at radius 1 is 1.14 bits per heavy atom. The maximum atomic E-state index is 5.61. The molecule has 2 atom stereocenters. The van der Waals surface area contributed by atoms with Crippen LogP contribution in [0, 0.1) is 0 Å². The molecule has 0 aliphatic heterocycles. The molecule has 0 aromatic carbocycles. The van der Waals surface area contributed by atoms with Crippen molar-refractivity contribution in [2.45, 2.75) is 64.6 Å². The minimum atomic E-state index is -0.104. The van der Waals surface area contributed by atoms with Gasteiger partial charge in [0.2, 0.25) is 0 Å². The van der Waals surface area contributed by atoms with Gasteiger partial charge in [0.1, 0.15) is 5.44 Å². The molecule has 0 aliphatic rings. The average molecular weight is 219 g/mol. The molecule has 85 valence electrons. The van der Waals surface area contributed by atoms with Crippen LogP contribution in [0.5, 0.6) is 0 Å². The topological polar surface area (TPSA) is 18.5 Å². The molecule has 0 rings (SSSR count). The van der Waals surface area contributed by atoms with E-state index < -0.39 is 0 Å². The van der Waals surface area contributed by atoms with Gasteiger partial charge in [0.25, 0.3) is 0 Å². The first kappa shape index (κ1) is 14.3. The highest BCUT2D eigenvalue weighted by Gasteiger charge is 2.12. The number of hydrogen-bond acceptors (Lipinski definition) is 2. The lowest BCUT2D eigenvalue weighted by atomic mass is 10.3. The third kappa shape index (κ3) is 7.65. The predicted octanol–water partition coefficient (Wildman–Crippen LogP) is 3.88. The maximum Gasteiger partial charge on any atom is 0.159 e. The minimum Gasteiger partial charge on any atom is -0.353 e. The molecule has 0 amide bonds. The van der Waals surface area contributed by atoms with Crippen LogP contribution < -0.4 is 0 Å². The standard InChI is InChI=1S/C11H23O2S/c1-4-7-9-12-10(8-5-2)13-11(14)6-3/h10-11H,4-9H2,1-3H3. The van der Waals surface area contributed by atoms with Crippen LogP contribution in [0.2, 0.25) is 0 Å². The van der Waals surface area contributed by atoms with Gasteiger partial charge in [0.15, 0.2) is 6.29 Å². The number of hydrogen-bond donors (Lipinski definition) is 0. The van der Waals surface area contributed by atoms with Crippen molar-refractivity contribution in [1.29, 1.82) is 0 Å². The van der Waals surface area contributed by atoms with E-state index in [9.17, 15) is 0 Å². The second kappa shape index (κ2) is 9.81. The van der Waals surface area contributed by atoms with Crippen LogP contribution in [-0.2, 0) is 9.47 Å². The zero-order valence-corrected chi connectivity index (χ0v) is 10.4. The summed E-state index contributed by atoms with van der Waals surface area (Å²) >= 11 is 5.11. The Kier molecular flexibility index (Phi) is 10.0. The normalized spacial score (nSPS) is 15.4. The van der Waals surface area contributed by atoms with Crippen molar-refractivity contribution in [2.24, 2.45) is 0 Å². The van der Waals surface area contributed by atoms with Crippen molar-refractivity contribution < 1.29 is 9.47 Å². The molecule has 0 heterocycles. The van der Waals surface area contributed by atoms with E-state index in [1.807, 2.05) is 6.92 Å². The molecule has 2 unspecified atom stereocenters. The molecule has 0 saturated carbocycles. The van der Waals surface area contributed by atoms with Crippen LogP contribution in [0.1, 0.15) is 52.9 Å². The van der Waals surface area contributed by atoms with Gasteiger partial charge in [-0.25, -0.2) is 0 Å². The molecule has 0 N–H and O–H groups in total. The lowest BCUT2D eigenvalue weighted by Crippen LogP contribution is -2.21. The first-order valence-corrected chi connectivity index (χ1v) is 6.14. The second-order valence-corrected chi connectivity index (χ2v) is 3.94. The third-order valence-electron chi connectivity index (χ3n) is 1.96. The molecule has 0 fully saturated rings. The van der Waals surface area contributed by atoms with Crippen molar-refractivity contribution >= 4 is 12.6 Å². The van der Waals surface area contributed by atoms with Gasteiger partial charge in [-0.15, -0.1) is 0 Å². The maximum absolute atomic E-state index is 5.61. The number of rotatable bonds is 9. The van der Waals surface area contributed by atoms with Gasteiger partial charge < -0.3 is 9.47 Å². The molecule has 2 nitrogen and oxygen atoms in total. The van der Waals surface area contributed by atoms with Crippen LogP contribution in [0.4, 0.5) is 0 Å². The first-order valence-electron chi connectivity index (χ1n) is 5.67. The molecule has 1 radical (unpaired) electrons. The molecule has 0 aromatic heterocycles. The van der Waals surface area contributed by atoms with Gasteiger partial charge in [0, 0.05) is 6.61 Å². The molecule has 0 saturated heterocycles. The van der Waals surface area contributed by atoms with Crippen molar-refractivity contribution in [3.8, 4) is 0 Å². The van der Waals surface area contributed by atoms with Crippen LogP contribution in [0.15, 0.2) is 0 Å². The zero-order chi connectivity index (χ0) is 10.8. The molecule has 0 spiro atoms. The fourth-order valence-electron chi connectivity index (χ4n) is 1.05. The number of ether oxygens (including phenoxy) is 2. The average Bonchev–Trinajstić information content (AvgIpc) is 2.18. The van der Waals surface area contributed by atoms with Crippen molar-refractivity contribution in [2.75, 3.05) is 6.61 Å². The smallest absolute Gasteiger partial charge is 0.159 e. The Bertz CT molecular complexity index is 120. The summed E-state index contributed by atoms with van der Waals surface area (Å²) in [6.45, 7) is 7.10. The van der Waals surface area contributed by atoms with E-state index in [-0.39, 0.29) is 11.7 Å². The largest absolute Gasteiger partial charge is 0.353 e. The summed E-state index contributed by atoms with van der Waals surface area (Å²) in [4.78, 5) is 0. The lowest BCUT2D eigenvalue weighted by Gasteiger charge is -2.20. The summed E-state index contributed by atoms with van der Waals surface area (Å²) in [6.07, 6.45) is 5.04. The van der Waals surface area contributed by atoms with Gasteiger partial charge in [-0.3, -0.25) is 0 Å². The third-order valence-corrected chi connectivity index (χ3v) is 2.41. The lowest BCUT2D eigenvalue weighted by molar-refractivity contribution is -0.154. The van der Waals surface area contributed by atoms with Crippen molar-refractivity contribution in [3.63, 3.8) is 0 Å². The van der Waals surface area contributed by atoms with E-state index in [0.29, 0.717) is 0 Å². The highest BCUT2D eigenvalue weighted by atomic mass is 32.1. The Morgan fingerprint density at radius 2 is 1.86 bits per heavy atom. The fraction of sp³-hybridized carbons (Fsp3) is 1.00. The summed E-state index contributed by atoms with van der Waals surface area (Å²) in [5.41, 5.74) is -0.104. The molecule has 0 aliphatic carbocycles. The van der Waals surface area contributed by atoms with Gasteiger partial charge in [-0.1, -0.05) is 46.2 Å². The summed E-state index contributed by atoms with van der Waals surface area (Å²) < 4.78 is 11.2. The van der Waals surface area contributed by atoms with Gasteiger partial charge >= 0.3 is 0 Å². The minimum absolute atomic E-state index is 0.0889. The Balaban J connectivity index is 3.65. The fourth-order valence-corrected chi connectivity index (χ4v) is 1.17. The molecule has 3 heteroatoms. The SMILES string of the molecule is CCCCOC(CCC)OC([S])CC. The van der Waals surface area contributed by atoms with E-state index in [1.165, 1.54) is 0 Å². The monoisotopic (exact) mass is 219 g/mol. The molecular formula is C11H23O2S. The quantitative estimate of drug-likeness (QED) is 0.433. The van der Waals surface area contributed by atoms with Crippen molar-refractivity contribution in [1.82, 2.24) is 0 Å². The molecule has 14 heavy (non-hydrogen) atoms. The van der Waals surface area contributed by atoms with Crippen LogP contribution in [-0.4, -0.2) is 18.3 Å². The van der Waals surface area contributed by atoms with Crippen LogP contribution in [0.3, 0.4) is 0 Å². The van der Waals surface area contributed by atoms with E-state index in [0.717, 1.165) is 38.7 Å². The van der Waals surface area contributed by atoms with E-state index in [1.54, 1.807) is 0 Å². The zero-order valence-electron chi connectivity index (χ0n) is 9.62. The Labute approximate surface area is 93.8 Å². The van der Waals surface area contributed by atoms with E-state index in [4.69, 9.17) is 22.1 Å². The number of unbranched alkanes of at least 4 members (excludes halogenated alkanes) is 1. The molecular weight excluding hydrogens is 196 g/mol. The van der Waals surface area contributed by atoms with Gasteiger partial charge in [-0.05, 0) is 19.3 Å². The Morgan fingerprint density at radius 3 is 2.36 bits per heavy atom. The summed E-state index contributed by atoms with van der Waals surface area (Å²) in [5, 5.41) is 0. The van der Waals surface area contributed by atoms with Crippen LogP contribution >= 0.6 is 12.6 Å². The van der Waals surface area contributed by atoms with E-state index in [2.05, 4.69) is 13.8 Å². The highest BCUT2D eigenvalue weighted by molar-refractivity contribution is 7.80. The van der Waals surface area contributed by atoms with Gasteiger partial charge in [0.05, 0.1) is 0 Å². The first-order chi connectivity index (χ1) is 6.74. The molecule has 0 aromatic rings. The van der Waals surface area contributed by atoms with Crippen LogP contribution in [0.25, 0.3) is 0 Å². The summed E-state index contributed by atoms with van der Waals surface area (Å²) in [7, 11) is 0. The second-order valence-electron chi connectivity index (χ2n) is 3.42. The van der Waals surface area contributed by atoms with Gasteiger partial charge in [-0.2, -0.15) is 0 Å². The van der Waals surface area contributed by atoms with Crippen molar-refractivity contribution in [3.05, 3.63) is 0 Å². The highest BCUT2D eigenvalue weighted by Crippen LogP contribution is 2.12. The summed E-state index contributed by atoms with van der Waals surface area (Å²) in [5.74, 6) is 0. The summed E-state index contributed by atoms with van der Waals surface area (Å²) in [6, 6.07) is 0. The predicted molar refractivity (Wildman–Crippen MR) is 62.3 cm³/mol. The Hall–Kier alpha value is 0.270. The molecule has 0 bridgehead atoms. The van der Waals surface area contributed by atoms with E-state index >= 15 is 0 Å².